The van der Waals surface area contributed by atoms with Crippen LogP contribution in [-0.2, 0) is 6.42 Å². The molecule has 0 bridgehead atoms. The van der Waals surface area contributed by atoms with Gasteiger partial charge < -0.3 is 0 Å². The summed E-state index contributed by atoms with van der Waals surface area (Å²) in [7, 11) is 0. The molecule has 3 N–H and O–H groups in total. The number of hydrazine groups is 1. The number of hydrogen-bond acceptors (Lipinski definition) is 3. The minimum absolute atomic E-state index is 0.173. The molecule has 1 atom stereocenters. The molecule has 2 nitrogen and oxygen atoms in total. The van der Waals surface area contributed by atoms with Crippen molar-refractivity contribution < 1.29 is 0 Å². The monoisotopic (exact) mass is 300 g/mol. The molecule has 112 valence electrons. The lowest BCUT2D eigenvalue weighted by Gasteiger charge is -2.17. The summed E-state index contributed by atoms with van der Waals surface area (Å²) in [4.78, 5) is 1.29. The first-order valence-corrected chi connectivity index (χ1v) is 8.46. The van der Waals surface area contributed by atoms with Crippen molar-refractivity contribution in [2.24, 2.45) is 5.84 Å². The molecule has 21 heavy (non-hydrogen) atoms. The van der Waals surface area contributed by atoms with Crippen molar-refractivity contribution in [3.05, 3.63) is 65.2 Å². The van der Waals surface area contributed by atoms with Crippen LogP contribution in [0.1, 0.15) is 36.1 Å². The van der Waals surface area contributed by atoms with Crippen LogP contribution in [0, 0.1) is 6.92 Å². The molecule has 0 aliphatic rings. The predicted molar refractivity (Wildman–Crippen MR) is 92.4 cm³/mol. The minimum atomic E-state index is 0.173. The molecule has 0 aromatic heterocycles. The van der Waals surface area contributed by atoms with E-state index in [2.05, 4.69) is 67.8 Å². The summed E-state index contributed by atoms with van der Waals surface area (Å²) in [5.74, 6) is 6.69. The van der Waals surface area contributed by atoms with Crippen molar-refractivity contribution in [2.45, 2.75) is 37.6 Å². The third-order valence-corrected chi connectivity index (χ3v) is 4.59. The van der Waals surface area contributed by atoms with Crippen LogP contribution in [-0.4, -0.2) is 5.75 Å². The summed E-state index contributed by atoms with van der Waals surface area (Å²) in [5.41, 5.74) is 6.90. The Kier molecular flexibility index (Phi) is 6.30. The van der Waals surface area contributed by atoms with Gasteiger partial charge in [-0.15, -0.1) is 11.8 Å². The number of thioether (sulfide) groups is 1. The molecular weight excluding hydrogens is 276 g/mol. The van der Waals surface area contributed by atoms with Crippen LogP contribution in [0.5, 0.6) is 0 Å². The fraction of sp³-hybridized carbons (Fsp3) is 0.333. The molecule has 0 amide bonds. The van der Waals surface area contributed by atoms with Crippen molar-refractivity contribution in [3.63, 3.8) is 0 Å². The summed E-state index contributed by atoms with van der Waals surface area (Å²) in [6.45, 7) is 4.33. The lowest BCUT2D eigenvalue weighted by atomic mass is 10.0. The van der Waals surface area contributed by atoms with Gasteiger partial charge in [0.05, 0.1) is 6.04 Å². The van der Waals surface area contributed by atoms with Crippen LogP contribution in [0.15, 0.2) is 53.4 Å². The molecule has 0 aliphatic carbocycles. The second-order valence-electron chi connectivity index (χ2n) is 5.34. The van der Waals surface area contributed by atoms with E-state index in [0.29, 0.717) is 0 Å². The highest BCUT2D eigenvalue weighted by molar-refractivity contribution is 7.99. The van der Waals surface area contributed by atoms with E-state index in [4.69, 9.17) is 5.84 Å². The van der Waals surface area contributed by atoms with Crippen LogP contribution in [0.3, 0.4) is 0 Å². The van der Waals surface area contributed by atoms with Gasteiger partial charge in [-0.25, -0.2) is 0 Å². The van der Waals surface area contributed by atoms with Crippen molar-refractivity contribution in [1.82, 2.24) is 5.43 Å². The highest BCUT2D eigenvalue weighted by Crippen LogP contribution is 2.25. The normalized spacial score (nSPS) is 12.3. The van der Waals surface area contributed by atoms with Crippen molar-refractivity contribution in [1.29, 1.82) is 0 Å². The molecule has 1 unspecified atom stereocenters. The smallest absolute Gasteiger partial charge is 0.0554 e. The number of rotatable bonds is 7. The molecular formula is C18H24N2S. The fourth-order valence-corrected chi connectivity index (χ4v) is 3.47. The Morgan fingerprint density at radius 2 is 1.95 bits per heavy atom. The number of hydrogen-bond donors (Lipinski definition) is 2. The molecule has 0 spiro atoms. The van der Waals surface area contributed by atoms with E-state index in [1.807, 2.05) is 11.8 Å². The lowest BCUT2D eigenvalue weighted by molar-refractivity contribution is 0.610. The Hall–Kier alpha value is -1.29. The summed E-state index contributed by atoms with van der Waals surface area (Å²) < 4.78 is 0. The summed E-state index contributed by atoms with van der Waals surface area (Å²) in [6, 6.07) is 17.5. The molecule has 2 aromatic rings. The summed E-state index contributed by atoms with van der Waals surface area (Å²) in [6.07, 6.45) is 2.29. The Balaban J connectivity index is 2.04. The second-order valence-corrected chi connectivity index (χ2v) is 6.44. The zero-order chi connectivity index (χ0) is 15.1. The van der Waals surface area contributed by atoms with Gasteiger partial charge in [0.25, 0.3) is 0 Å². The largest absolute Gasteiger partial charge is 0.271 e. The van der Waals surface area contributed by atoms with Gasteiger partial charge in [0, 0.05) is 10.6 Å². The number of aryl methyl sites for hydroxylation is 2. The number of benzene rings is 2. The lowest BCUT2D eigenvalue weighted by Crippen LogP contribution is -2.29. The van der Waals surface area contributed by atoms with Crippen LogP contribution in [0.2, 0.25) is 0 Å². The molecule has 3 heteroatoms. The van der Waals surface area contributed by atoms with E-state index in [-0.39, 0.29) is 6.04 Å². The average molecular weight is 300 g/mol. The van der Waals surface area contributed by atoms with Crippen molar-refractivity contribution in [2.75, 3.05) is 5.75 Å². The maximum Gasteiger partial charge on any atom is 0.0554 e. The Morgan fingerprint density at radius 3 is 2.67 bits per heavy atom. The van der Waals surface area contributed by atoms with E-state index >= 15 is 0 Å². The quantitative estimate of drug-likeness (QED) is 0.456. The van der Waals surface area contributed by atoms with E-state index in [9.17, 15) is 0 Å². The fourth-order valence-electron chi connectivity index (χ4n) is 2.38. The van der Waals surface area contributed by atoms with Gasteiger partial charge in [0.2, 0.25) is 0 Å². The van der Waals surface area contributed by atoms with Crippen LogP contribution in [0.25, 0.3) is 0 Å². The van der Waals surface area contributed by atoms with Crippen molar-refractivity contribution >= 4 is 11.8 Å². The van der Waals surface area contributed by atoms with Gasteiger partial charge in [-0.1, -0.05) is 55.3 Å². The molecule has 0 aliphatic heterocycles. The van der Waals surface area contributed by atoms with Crippen LogP contribution >= 0.6 is 11.8 Å². The molecule has 0 fully saturated rings. The van der Waals surface area contributed by atoms with Crippen LogP contribution < -0.4 is 11.3 Å². The Labute approximate surface area is 132 Å². The van der Waals surface area contributed by atoms with Crippen LogP contribution in [0.4, 0.5) is 0 Å². The van der Waals surface area contributed by atoms with E-state index in [0.717, 1.165) is 12.2 Å². The highest BCUT2D eigenvalue weighted by Gasteiger charge is 2.10. The topological polar surface area (TPSA) is 38.0 Å². The molecule has 0 heterocycles. The third-order valence-electron chi connectivity index (χ3n) is 3.50. The molecule has 0 saturated heterocycles. The van der Waals surface area contributed by atoms with Gasteiger partial charge in [-0.3, -0.25) is 11.3 Å². The van der Waals surface area contributed by atoms with Gasteiger partial charge >= 0.3 is 0 Å². The molecule has 0 radical (unpaired) electrons. The molecule has 2 aromatic carbocycles. The van der Waals surface area contributed by atoms with E-state index in [1.165, 1.54) is 28.0 Å². The SMILES string of the molecule is CCCc1cccc(C(CSc2cccc(C)c2)NN)c1. The first-order valence-electron chi connectivity index (χ1n) is 7.47. The maximum absolute atomic E-state index is 5.76. The number of nitrogens with two attached hydrogens (primary N) is 1. The first-order chi connectivity index (χ1) is 10.2. The highest BCUT2D eigenvalue weighted by atomic mass is 32.2. The zero-order valence-electron chi connectivity index (χ0n) is 12.8. The van der Waals surface area contributed by atoms with Gasteiger partial charge in [0.15, 0.2) is 0 Å². The summed E-state index contributed by atoms with van der Waals surface area (Å²) in [5, 5.41) is 0. The van der Waals surface area contributed by atoms with Gasteiger partial charge in [0.1, 0.15) is 0 Å². The molecule has 0 saturated carbocycles. The average Bonchev–Trinajstić information content (AvgIpc) is 2.49. The predicted octanol–water partition coefficient (Wildman–Crippen LogP) is 4.24. The first kappa shape index (κ1) is 16.1. The standard InChI is InChI=1S/C18H24N2S/c1-3-6-15-8-5-9-16(12-15)18(20-19)13-21-17-10-4-7-14(2)11-17/h4-5,7-12,18,20H,3,6,13,19H2,1-2H3. The third kappa shape index (κ3) is 4.88. The second kappa shape index (κ2) is 8.23. The zero-order valence-corrected chi connectivity index (χ0v) is 13.6. The van der Waals surface area contributed by atoms with Gasteiger partial charge in [-0.2, -0.15) is 0 Å². The van der Waals surface area contributed by atoms with Crippen molar-refractivity contribution in [3.8, 4) is 0 Å². The Bertz CT molecular complexity index is 569. The molecule has 2 rings (SSSR count). The van der Waals surface area contributed by atoms with E-state index < -0.39 is 0 Å². The van der Waals surface area contributed by atoms with Gasteiger partial charge in [-0.05, 0) is 36.6 Å². The Morgan fingerprint density at radius 1 is 1.14 bits per heavy atom. The minimum Gasteiger partial charge on any atom is -0.271 e. The summed E-state index contributed by atoms with van der Waals surface area (Å²) >= 11 is 1.84. The van der Waals surface area contributed by atoms with E-state index in [1.54, 1.807) is 0 Å². The number of nitrogens with one attached hydrogen (secondary N) is 1. The maximum atomic E-state index is 5.76.